The van der Waals surface area contributed by atoms with Gasteiger partial charge in [0.2, 0.25) is 0 Å². The highest BCUT2D eigenvalue weighted by molar-refractivity contribution is 5.51. The van der Waals surface area contributed by atoms with Crippen LogP contribution in [0.2, 0.25) is 0 Å². The number of nitrogens with one attached hydrogen (secondary N) is 1. The van der Waals surface area contributed by atoms with Crippen molar-refractivity contribution in [3.05, 3.63) is 65.4 Å². The molecule has 0 saturated heterocycles. The average molecular weight is 313 g/mol. The van der Waals surface area contributed by atoms with E-state index in [1.807, 2.05) is 19.1 Å². The smallest absolute Gasteiger partial charge is 0.0522 e. The Hall–Kier alpha value is -1.96. The first-order chi connectivity index (χ1) is 10.8. The predicted octanol–water partition coefficient (Wildman–Crippen LogP) is 5.50. The molecule has 126 valence electrons. The maximum absolute atomic E-state index is 6.10. The number of hydrogen-bond acceptors (Lipinski definition) is 2. The minimum Gasteiger partial charge on any atom is -0.399 e. The molecule has 0 amide bonds. The Labute approximate surface area is 142 Å². The number of unbranched alkanes of at least 4 members (excludes halogenated alkanes) is 1. The fourth-order valence-corrected chi connectivity index (χ4v) is 2.61. The largest absolute Gasteiger partial charge is 0.399 e. The lowest BCUT2D eigenvalue weighted by Gasteiger charge is -2.25. The van der Waals surface area contributed by atoms with Crippen molar-refractivity contribution in [2.75, 3.05) is 5.32 Å². The van der Waals surface area contributed by atoms with Crippen molar-refractivity contribution in [1.29, 1.82) is 0 Å². The van der Waals surface area contributed by atoms with Crippen LogP contribution in [0.3, 0.4) is 0 Å². The van der Waals surface area contributed by atoms with Crippen LogP contribution in [-0.2, 0) is 6.42 Å². The van der Waals surface area contributed by atoms with E-state index >= 15 is 0 Å². The predicted molar refractivity (Wildman–Crippen MR) is 104 cm³/mol. The average Bonchev–Trinajstić information content (AvgIpc) is 2.45. The van der Waals surface area contributed by atoms with Crippen molar-refractivity contribution in [1.82, 2.24) is 0 Å². The molecule has 0 unspecified atom stereocenters. The Morgan fingerprint density at radius 2 is 2.04 bits per heavy atom. The highest BCUT2D eigenvalue weighted by Crippen LogP contribution is 2.21. The molecule has 0 heterocycles. The van der Waals surface area contributed by atoms with Gasteiger partial charge in [-0.15, -0.1) is 0 Å². The summed E-state index contributed by atoms with van der Waals surface area (Å²) in [4.78, 5) is 0. The normalized spacial score (nSPS) is 13.1. The first kappa shape index (κ1) is 19.1. The third kappa shape index (κ3) is 6.77. The summed E-state index contributed by atoms with van der Waals surface area (Å²) < 4.78 is 0. The molecule has 1 aromatic rings. The summed E-state index contributed by atoms with van der Waals surface area (Å²) in [5, 5.41) is 3.55. The summed E-state index contributed by atoms with van der Waals surface area (Å²) in [7, 11) is 0. The van der Waals surface area contributed by atoms with Crippen LogP contribution in [0.15, 0.2) is 54.3 Å². The van der Waals surface area contributed by atoms with E-state index in [1.165, 1.54) is 24.0 Å². The minimum absolute atomic E-state index is 0.223. The van der Waals surface area contributed by atoms with Gasteiger partial charge in [0.15, 0.2) is 0 Å². The number of aryl methyl sites for hydroxylation is 2. The van der Waals surface area contributed by atoms with Crippen LogP contribution in [0, 0.1) is 6.92 Å². The van der Waals surface area contributed by atoms with Gasteiger partial charge < -0.3 is 11.1 Å². The van der Waals surface area contributed by atoms with E-state index in [-0.39, 0.29) is 5.54 Å². The lowest BCUT2D eigenvalue weighted by atomic mass is 9.99. The van der Waals surface area contributed by atoms with E-state index in [0.29, 0.717) is 0 Å². The maximum Gasteiger partial charge on any atom is 0.0522 e. The van der Waals surface area contributed by atoms with Gasteiger partial charge in [0.05, 0.1) is 5.54 Å². The minimum atomic E-state index is -0.223. The highest BCUT2D eigenvalue weighted by atomic mass is 15.0. The van der Waals surface area contributed by atoms with Crippen molar-refractivity contribution in [3.8, 4) is 0 Å². The van der Waals surface area contributed by atoms with Gasteiger partial charge in [0, 0.05) is 11.4 Å². The zero-order valence-electron chi connectivity index (χ0n) is 15.4. The van der Waals surface area contributed by atoms with Crippen LogP contribution in [-0.4, -0.2) is 5.54 Å². The van der Waals surface area contributed by atoms with Crippen LogP contribution >= 0.6 is 0 Å². The molecule has 0 radical (unpaired) electrons. The number of rotatable bonds is 8. The second-order valence-electron chi connectivity index (χ2n) is 6.83. The second-order valence-corrected chi connectivity index (χ2v) is 6.83. The molecule has 2 heteroatoms. The molecule has 1 aromatic carbocycles. The van der Waals surface area contributed by atoms with Crippen LogP contribution in [0.4, 0.5) is 5.69 Å². The van der Waals surface area contributed by atoms with Gasteiger partial charge in [-0.25, -0.2) is 0 Å². The van der Waals surface area contributed by atoms with Crippen LogP contribution in [0.5, 0.6) is 0 Å². The highest BCUT2D eigenvalue weighted by Gasteiger charge is 2.15. The molecule has 0 saturated carbocycles. The molecule has 0 bridgehead atoms. The number of allylic oxidation sites excluding steroid dienone is 3. The quantitative estimate of drug-likeness (QED) is 0.622. The van der Waals surface area contributed by atoms with Crippen molar-refractivity contribution >= 4 is 5.69 Å². The monoisotopic (exact) mass is 312 g/mol. The Balaban J connectivity index is 2.87. The first-order valence-corrected chi connectivity index (χ1v) is 8.44. The Morgan fingerprint density at radius 1 is 1.35 bits per heavy atom. The molecular formula is C21H32N2. The standard InChI is InChI=1S/C21H32N2/c1-7-9-10-18-11-12-20(14-17(18)4)23-21(5,6)15-19(22)13-16(3)8-2/h8,11-15,23H,2,7,9-10,22H2,1,3-6H3/b16-13+,19-15+. The van der Waals surface area contributed by atoms with Gasteiger partial charge in [0.25, 0.3) is 0 Å². The molecule has 2 nitrogen and oxygen atoms in total. The topological polar surface area (TPSA) is 38.0 Å². The summed E-state index contributed by atoms with van der Waals surface area (Å²) in [6.07, 6.45) is 9.42. The Morgan fingerprint density at radius 3 is 2.61 bits per heavy atom. The van der Waals surface area contributed by atoms with E-state index in [1.54, 1.807) is 6.08 Å². The third-order valence-electron chi connectivity index (χ3n) is 3.85. The second kappa shape index (κ2) is 8.61. The van der Waals surface area contributed by atoms with E-state index in [2.05, 4.69) is 57.8 Å². The number of nitrogens with two attached hydrogens (primary N) is 1. The van der Waals surface area contributed by atoms with Gasteiger partial charge in [-0.1, -0.05) is 32.1 Å². The molecule has 0 spiro atoms. The van der Waals surface area contributed by atoms with E-state index in [4.69, 9.17) is 5.73 Å². The first-order valence-electron chi connectivity index (χ1n) is 8.44. The summed E-state index contributed by atoms with van der Waals surface area (Å²) >= 11 is 0. The van der Waals surface area contributed by atoms with Gasteiger partial charge in [0.1, 0.15) is 0 Å². The summed E-state index contributed by atoms with van der Waals surface area (Å²) in [6, 6.07) is 6.62. The van der Waals surface area contributed by atoms with E-state index in [0.717, 1.165) is 23.4 Å². The van der Waals surface area contributed by atoms with E-state index < -0.39 is 0 Å². The number of benzene rings is 1. The third-order valence-corrected chi connectivity index (χ3v) is 3.85. The molecule has 0 fully saturated rings. The molecule has 0 aromatic heterocycles. The fraction of sp³-hybridized carbons (Fsp3) is 0.429. The molecule has 23 heavy (non-hydrogen) atoms. The summed E-state index contributed by atoms with van der Waals surface area (Å²) in [5.74, 6) is 0. The van der Waals surface area contributed by atoms with Gasteiger partial charge in [-0.05, 0) is 81.5 Å². The van der Waals surface area contributed by atoms with E-state index in [9.17, 15) is 0 Å². The zero-order chi connectivity index (χ0) is 17.5. The summed E-state index contributed by atoms with van der Waals surface area (Å²) in [6.45, 7) is 14.4. The number of hydrogen-bond donors (Lipinski definition) is 2. The Bertz CT molecular complexity index is 592. The molecule has 3 N–H and O–H groups in total. The van der Waals surface area contributed by atoms with Gasteiger partial charge in [-0.2, -0.15) is 0 Å². The maximum atomic E-state index is 6.10. The molecule has 1 rings (SSSR count). The SMILES string of the molecule is C=C/C(C)=C/C(N)=C\C(C)(C)Nc1ccc(CCCC)c(C)c1. The van der Waals surface area contributed by atoms with Gasteiger partial charge in [-0.3, -0.25) is 0 Å². The van der Waals surface area contributed by atoms with Gasteiger partial charge >= 0.3 is 0 Å². The van der Waals surface area contributed by atoms with Crippen molar-refractivity contribution in [2.24, 2.45) is 5.73 Å². The van der Waals surface area contributed by atoms with Crippen LogP contribution in [0.1, 0.15) is 51.7 Å². The summed E-state index contributed by atoms with van der Waals surface area (Å²) in [5.41, 5.74) is 11.6. The van der Waals surface area contributed by atoms with Crippen molar-refractivity contribution in [2.45, 2.75) is 59.4 Å². The molecular weight excluding hydrogens is 280 g/mol. The van der Waals surface area contributed by atoms with Crippen molar-refractivity contribution in [3.63, 3.8) is 0 Å². The molecule has 0 aliphatic carbocycles. The lowest BCUT2D eigenvalue weighted by molar-refractivity contribution is 0.707. The molecule has 0 aliphatic heterocycles. The fourth-order valence-electron chi connectivity index (χ4n) is 2.61. The number of anilines is 1. The Kier molecular flexibility index (Phi) is 7.15. The zero-order valence-corrected chi connectivity index (χ0v) is 15.4. The molecule has 0 aliphatic rings. The van der Waals surface area contributed by atoms with Crippen LogP contribution in [0.25, 0.3) is 0 Å². The lowest BCUT2D eigenvalue weighted by Crippen LogP contribution is -2.29. The van der Waals surface area contributed by atoms with Crippen molar-refractivity contribution < 1.29 is 0 Å². The molecule has 0 atom stereocenters. The van der Waals surface area contributed by atoms with Crippen LogP contribution < -0.4 is 11.1 Å².